The molecule has 92 valence electrons. The summed E-state index contributed by atoms with van der Waals surface area (Å²) >= 11 is 0. The molecule has 2 atom stereocenters. The molecule has 0 amide bonds. The zero-order valence-corrected chi connectivity index (χ0v) is 10.4. The van der Waals surface area contributed by atoms with E-state index in [1.54, 1.807) is 0 Å². The molecule has 2 rings (SSSR count). The number of nitrogens with zero attached hydrogens (tertiary/aromatic N) is 1. The Bertz CT molecular complexity index is 275. The molecule has 0 bridgehead atoms. The maximum Gasteiger partial charge on any atom is 0.142 e. The van der Waals surface area contributed by atoms with E-state index in [1.165, 1.54) is 0 Å². The number of carbonyl (C=O) groups excluding carboxylic acids is 1. The standard InChI is InChI=1S/C13H23NO2/c1-13(2)5-3-11(12(13)16)8-14-6-4-10(7-14)9-15/h10-11,15H,3-9H2,1-2H3. The summed E-state index contributed by atoms with van der Waals surface area (Å²) in [5, 5.41) is 9.09. The van der Waals surface area contributed by atoms with E-state index in [9.17, 15) is 4.79 Å². The lowest BCUT2D eigenvalue weighted by atomic mass is 9.89. The lowest BCUT2D eigenvalue weighted by molar-refractivity contribution is -0.127. The summed E-state index contributed by atoms with van der Waals surface area (Å²) < 4.78 is 0. The molecule has 2 fully saturated rings. The molecule has 0 radical (unpaired) electrons. The Morgan fingerprint density at radius 3 is 2.69 bits per heavy atom. The number of likely N-dealkylation sites (tertiary alicyclic amines) is 1. The molecule has 1 saturated carbocycles. The third-order valence-electron chi connectivity index (χ3n) is 4.26. The fraction of sp³-hybridized carbons (Fsp3) is 0.923. The van der Waals surface area contributed by atoms with Crippen molar-refractivity contribution in [2.45, 2.75) is 33.1 Å². The number of Topliss-reactive ketones (excluding diaryl/α,β-unsaturated/α-hetero) is 1. The number of hydrogen-bond donors (Lipinski definition) is 1. The fourth-order valence-corrected chi connectivity index (χ4v) is 3.06. The summed E-state index contributed by atoms with van der Waals surface area (Å²) in [5.41, 5.74) is -0.0965. The minimum absolute atomic E-state index is 0.0965. The minimum Gasteiger partial charge on any atom is -0.396 e. The second-order valence-corrected chi connectivity index (χ2v) is 6.08. The first-order valence-electron chi connectivity index (χ1n) is 6.40. The third kappa shape index (κ3) is 2.30. The third-order valence-corrected chi connectivity index (χ3v) is 4.26. The number of rotatable bonds is 3. The monoisotopic (exact) mass is 225 g/mol. The van der Waals surface area contributed by atoms with Crippen LogP contribution in [0, 0.1) is 17.3 Å². The van der Waals surface area contributed by atoms with Crippen LogP contribution in [0.5, 0.6) is 0 Å². The molecule has 0 aromatic rings. The zero-order valence-electron chi connectivity index (χ0n) is 10.4. The predicted molar refractivity (Wildman–Crippen MR) is 63.1 cm³/mol. The second kappa shape index (κ2) is 4.46. The lowest BCUT2D eigenvalue weighted by Crippen LogP contribution is -2.32. The Kier molecular flexibility index (Phi) is 3.36. The van der Waals surface area contributed by atoms with Gasteiger partial charge < -0.3 is 10.0 Å². The van der Waals surface area contributed by atoms with Gasteiger partial charge in [-0.2, -0.15) is 0 Å². The van der Waals surface area contributed by atoms with Crippen molar-refractivity contribution in [1.29, 1.82) is 0 Å². The van der Waals surface area contributed by atoms with Crippen molar-refractivity contribution in [2.75, 3.05) is 26.2 Å². The van der Waals surface area contributed by atoms with Crippen molar-refractivity contribution in [3.8, 4) is 0 Å². The van der Waals surface area contributed by atoms with Crippen LogP contribution >= 0.6 is 0 Å². The molecular formula is C13H23NO2. The second-order valence-electron chi connectivity index (χ2n) is 6.08. The molecule has 2 aliphatic rings. The number of aliphatic hydroxyl groups excluding tert-OH is 1. The molecule has 3 nitrogen and oxygen atoms in total. The van der Waals surface area contributed by atoms with Gasteiger partial charge in [-0.15, -0.1) is 0 Å². The van der Waals surface area contributed by atoms with E-state index in [2.05, 4.69) is 18.7 Å². The smallest absolute Gasteiger partial charge is 0.142 e. The van der Waals surface area contributed by atoms with Gasteiger partial charge in [0.15, 0.2) is 0 Å². The largest absolute Gasteiger partial charge is 0.396 e. The van der Waals surface area contributed by atoms with Crippen LogP contribution in [0.15, 0.2) is 0 Å². The van der Waals surface area contributed by atoms with Crippen molar-refractivity contribution in [1.82, 2.24) is 4.90 Å². The summed E-state index contributed by atoms with van der Waals surface area (Å²) in [6.45, 7) is 7.36. The molecule has 0 aromatic carbocycles. The molecule has 1 heterocycles. The van der Waals surface area contributed by atoms with E-state index in [4.69, 9.17) is 5.11 Å². The fourth-order valence-electron chi connectivity index (χ4n) is 3.06. The predicted octanol–water partition coefficient (Wildman–Crippen LogP) is 1.31. The van der Waals surface area contributed by atoms with Crippen molar-refractivity contribution < 1.29 is 9.90 Å². The highest BCUT2D eigenvalue weighted by atomic mass is 16.3. The summed E-state index contributed by atoms with van der Waals surface area (Å²) in [4.78, 5) is 14.4. The first kappa shape index (κ1) is 12.1. The van der Waals surface area contributed by atoms with Gasteiger partial charge >= 0.3 is 0 Å². The highest BCUT2D eigenvalue weighted by Gasteiger charge is 2.41. The molecule has 1 saturated heterocycles. The molecule has 1 aliphatic heterocycles. The Hall–Kier alpha value is -0.410. The van der Waals surface area contributed by atoms with E-state index in [1.807, 2.05) is 0 Å². The molecule has 16 heavy (non-hydrogen) atoms. The maximum atomic E-state index is 12.1. The van der Waals surface area contributed by atoms with E-state index in [0.717, 1.165) is 38.9 Å². The van der Waals surface area contributed by atoms with Crippen molar-refractivity contribution in [3.63, 3.8) is 0 Å². The molecular weight excluding hydrogens is 202 g/mol. The average Bonchev–Trinajstić information content (AvgIpc) is 2.79. The Balaban J connectivity index is 1.85. The highest BCUT2D eigenvalue weighted by molar-refractivity contribution is 5.88. The molecule has 1 aliphatic carbocycles. The van der Waals surface area contributed by atoms with Crippen LogP contribution in [0.3, 0.4) is 0 Å². The van der Waals surface area contributed by atoms with Gasteiger partial charge in [-0.05, 0) is 31.7 Å². The molecule has 0 spiro atoms. The molecule has 0 aromatic heterocycles. The lowest BCUT2D eigenvalue weighted by Gasteiger charge is -2.21. The van der Waals surface area contributed by atoms with Gasteiger partial charge in [0.2, 0.25) is 0 Å². The maximum absolute atomic E-state index is 12.1. The molecule has 2 unspecified atom stereocenters. The van der Waals surface area contributed by atoms with Crippen LogP contribution < -0.4 is 0 Å². The summed E-state index contributed by atoms with van der Waals surface area (Å²) in [6.07, 6.45) is 3.17. The SMILES string of the molecule is CC1(C)CCC(CN2CCC(CO)C2)C1=O. The quantitative estimate of drug-likeness (QED) is 0.787. The van der Waals surface area contributed by atoms with E-state index in [-0.39, 0.29) is 11.3 Å². The van der Waals surface area contributed by atoms with Gasteiger partial charge in [0.25, 0.3) is 0 Å². The number of ketones is 1. The Labute approximate surface area is 97.8 Å². The van der Waals surface area contributed by atoms with Crippen LogP contribution in [0.4, 0.5) is 0 Å². The minimum atomic E-state index is -0.0965. The van der Waals surface area contributed by atoms with Gasteiger partial charge in [0.1, 0.15) is 5.78 Å². The van der Waals surface area contributed by atoms with Gasteiger partial charge in [-0.1, -0.05) is 13.8 Å². The van der Waals surface area contributed by atoms with Gasteiger partial charge in [0, 0.05) is 31.0 Å². The summed E-state index contributed by atoms with van der Waals surface area (Å²) in [7, 11) is 0. The highest BCUT2D eigenvalue weighted by Crippen LogP contribution is 2.38. The van der Waals surface area contributed by atoms with E-state index < -0.39 is 0 Å². The van der Waals surface area contributed by atoms with Crippen LogP contribution in [0.1, 0.15) is 33.1 Å². The number of hydrogen-bond acceptors (Lipinski definition) is 3. The summed E-state index contributed by atoms with van der Waals surface area (Å²) in [5.74, 6) is 1.12. The van der Waals surface area contributed by atoms with Crippen LogP contribution in [-0.2, 0) is 4.79 Å². The normalized spacial score (nSPS) is 34.8. The average molecular weight is 225 g/mol. The zero-order chi connectivity index (χ0) is 11.8. The molecule has 1 N–H and O–H groups in total. The van der Waals surface area contributed by atoms with Crippen molar-refractivity contribution >= 4 is 5.78 Å². The van der Waals surface area contributed by atoms with E-state index in [0.29, 0.717) is 18.3 Å². The molecule has 3 heteroatoms. The van der Waals surface area contributed by atoms with Gasteiger partial charge in [-0.3, -0.25) is 4.79 Å². The first-order valence-corrected chi connectivity index (χ1v) is 6.40. The van der Waals surface area contributed by atoms with Crippen molar-refractivity contribution in [2.24, 2.45) is 17.3 Å². The van der Waals surface area contributed by atoms with E-state index >= 15 is 0 Å². The van der Waals surface area contributed by atoms with Crippen LogP contribution in [0.25, 0.3) is 0 Å². The summed E-state index contributed by atoms with van der Waals surface area (Å²) in [6, 6.07) is 0. The number of carbonyl (C=O) groups is 1. The first-order chi connectivity index (χ1) is 7.53. The topological polar surface area (TPSA) is 40.5 Å². The number of aliphatic hydroxyl groups is 1. The Morgan fingerprint density at radius 1 is 1.44 bits per heavy atom. The van der Waals surface area contributed by atoms with Crippen LogP contribution in [-0.4, -0.2) is 42.0 Å². The van der Waals surface area contributed by atoms with Crippen molar-refractivity contribution in [3.05, 3.63) is 0 Å². The van der Waals surface area contributed by atoms with Gasteiger partial charge in [-0.25, -0.2) is 0 Å². The van der Waals surface area contributed by atoms with Crippen LogP contribution in [0.2, 0.25) is 0 Å². The van der Waals surface area contributed by atoms with Gasteiger partial charge in [0.05, 0.1) is 0 Å². The Morgan fingerprint density at radius 2 is 2.19 bits per heavy atom.